The van der Waals surface area contributed by atoms with Crippen molar-refractivity contribution in [1.29, 1.82) is 5.41 Å². The number of aromatic hydroxyl groups is 1. The van der Waals surface area contributed by atoms with Crippen molar-refractivity contribution in [2.75, 3.05) is 20.7 Å². The van der Waals surface area contributed by atoms with Crippen LogP contribution in [0.25, 0.3) is 6.08 Å². The van der Waals surface area contributed by atoms with Crippen LogP contribution < -0.4 is 10.5 Å². The predicted octanol–water partition coefficient (Wildman–Crippen LogP) is 0.309. The van der Waals surface area contributed by atoms with E-state index in [2.05, 4.69) is 4.74 Å². The molecule has 0 aliphatic heterocycles. The number of phenols is 1. The molecule has 0 aliphatic carbocycles. The van der Waals surface area contributed by atoms with Gasteiger partial charge in [0.2, 0.25) is 0 Å². The Balaban J connectivity index is 2.61. The molecule has 0 atom stereocenters. The van der Waals surface area contributed by atoms with E-state index in [1.54, 1.807) is 6.07 Å². The molecule has 0 saturated heterocycles. The molecule has 22 heavy (non-hydrogen) atoms. The summed E-state index contributed by atoms with van der Waals surface area (Å²) in [6, 6.07) is 4.49. The summed E-state index contributed by atoms with van der Waals surface area (Å²) in [5.41, 5.74) is 5.74. The summed E-state index contributed by atoms with van der Waals surface area (Å²) < 4.78 is 9.47. The Kier molecular flexibility index (Phi) is 5.94. The van der Waals surface area contributed by atoms with Crippen LogP contribution in [-0.4, -0.2) is 48.6 Å². The van der Waals surface area contributed by atoms with Gasteiger partial charge in [-0.25, -0.2) is 9.59 Å². The van der Waals surface area contributed by atoms with Crippen molar-refractivity contribution in [3.8, 4) is 11.5 Å². The fourth-order valence-electron chi connectivity index (χ4n) is 1.42. The molecule has 118 valence electrons. The van der Waals surface area contributed by atoms with Gasteiger partial charge >= 0.3 is 11.9 Å². The molecular formula is C14H17N3O5. The number of phenolic OH excluding ortho intramolecular Hbond substituents is 1. The SMILES string of the molecule is COc1cc(C=CC(=O)OC(=O)CN(C)C(=N)N)ccc1O. The molecule has 1 rings (SSSR count). The number of methoxy groups -OCH3 is 1. The Hall–Kier alpha value is -3.03. The van der Waals surface area contributed by atoms with Gasteiger partial charge in [0.05, 0.1) is 7.11 Å². The zero-order valence-corrected chi connectivity index (χ0v) is 12.2. The number of rotatable bonds is 5. The third kappa shape index (κ3) is 5.16. The van der Waals surface area contributed by atoms with E-state index in [1.165, 1.54) is 32.4 Å². The maximum atomic E-state index is 11.5. The van der Waals surface area contributed by atoms with Gasteiger partial charge in [-0.1, -0.05) is 6.07 Å². The van der Waals surface area contributed by atoms with Crippen LogP contribution in [0.1, 0.15) is 5.56 Å². The number of ether oxygens (including phenoxy) is 2. The zero-order valence-electron chi connectivity index (χ0n) is 12.2. The normalized spacial score (nSPS) is 10.3. The lowest BCUT2D eigenvalue weighted by Gasteiger charge is -2.14. The average molecular weight is 307 g/mol. The van der Waals surface area contributed by atoms with E-state index in [1.807, 2.05) is 0 Å². The third-order valence-corrected chi connectivity index (χ3v) is 2.61. The minimum Gasteiger partial charge on any atom is -0.504 e. The first-order chi connectivity index (χ1) is 10.3. The Morgan fingerprint density at radius 3 is 2.73 bits per heavy atom. The summed E-state index contributed by atoms with van der Waals surface area (Å²) in [7, 11) is 2.83. The van der Waals surface area contributed by atoms with Crippen molar-refractivity contribution >= 4 is 24.0 Å². The van der Waals surface area contributed by atoms with Crippen molar-refractivity contribution in [2.24, 2.45) is 5.73 Å². The maximum Gasteiger partial charge on any atom is 0.338 e. The fourth-order valence-corrected chi connectivity index (χ4v) is 1.42. The number of carbonyl (C=O) groups excluding carboxylic acids is 2. The minimum absolute atomic E-state index is 0.0234. The van der Waals surface area contributed by atoms with Gasteiger partial charge in [-0.2, -0.15) is 0 Å². The topological polar surface area (TPSA) is 126 Å². The van der Waals surface area contributed by atoms with E-state index >= 15 is 0 Å². The smallest absolute Gasteiger partial charge is 0.338 e. The summed E-state index contributed by atoms with van der Waals surface area (Å²) in [5, 5.41) is 16.5. The number of nitrogens with zero attached hydrogens (tertiary/aromatic N) is 1. The van der Waals surface area contributed by atoms with Gasteiger partial charge in [0.1, 0.15) is 6.54 Å². The molecule has 0 radical (unpaired) electrons. The molecule has 0 saturated carbocycles. The van der Waals surface area contributed by atoms with Gasteiger partial charge in [0.25, 0.3) is 0 Å². The summed E-state index contributed by atoms with van der Waals surface area (Å²) >= 11 is 0. The lowest BCUT2D eigenvalue weighted by molar-refractivity contribution is -0.156. The molecule has 8 heteroatoms. The van der Waals surface area contributed by atoms with Crippen LogP contribution in [0, 0.1) is 5.41 Å². The summed E-state index contributed by atoms with van der Waals surface area (Å²) in [6.07, 6.45) is 2.48. The van der Waals surface area contributed by atoms with Crippen molar-refractivity contribution in [3.63, 3.8) is 0 Å². The highest BCUT2D eigenvalue weighted by Gasteiger charge is 2.11. The molecule has 1 aromatic rings. The molecule has 0 heterocycles. The molecule has 0 fully saturated rings. The van der Waals surface area contributed by atoms with Gasteiger partial charge < -0.3 is 25.2 Å². The maximum absolute atomic E-state index is 11.5. The van der Waals surface area contributed by atoms with Crippen molar-refractivity contribution < 1.29 is 24.2 Å². The van der Waals surface area contributed by atoms with Gasteiger partial charge in [-0.15, -0.1) is 0 Å². The predicted molar refractivity (Wildman–Crippen MR) is 79.3 cm³/mol. The van der Waals surface area contributed by atoms with Crippen LogP contribution >= 0.6 is 0 Å². The first-order valence-corrected chi connectivity index (χ1v) is 6.18. The standard InChI is InChI=1S/C14H17N3O5/c1-17(14(15)16)8-13(20)22-12(19)6-4-9-3-5-10(18)11(7-9)21-2/h3-7,18H,8H2,1-2H3,(H3,15,16). The highest BCUT2D eigenvalue weighted by atomic mass is 16.6. The molecule has 1 aromatic carbocycles. The van der Waals surface area contributed by atoms with E-state index in [0.717, 1.165) is 11.0 Å². The molecule has 0 unspecified atom stereocenters. The van der Waals surface area contributed by atoms with Crippen molar-refractivity contribution in [1.82, 2.24) is 4.90 Å². The molecule has 8 nitrogen and oxygen atoms in total. The van der Waals surface area contributed by atoms with Gasteiger partial charge in [0.15, 0.2) is 17.5 Å². The number of likely N-dealkylation sites (N-methyl/N-ethyl adjacent to an activating group) is 1. The van der Waals surface area contributed by atoms with E-state index in [4.69, 9.17) is 15.9 Å². The number of nitrogens with two attached hydrogens (primary N) is 1. The fraction of sp³-hybridized carbons (Fsp3) is 0.214. The van der Waals surface area contributed by atoms with Crippen molar-refractivity contribution in [3.05, 3.63) is 29.8 Å². The number of esters is 2. The Bertz CT molecular complexity index is 612. The monoisotopic (exact) mass is 307 g/mol. The van der Waals surface area contributed by atoms with Gasteiger partial charge in [-0.05, 0) is 23.8 Å². The lowest BCUT2D eigenvalue weighted by atomic mass is 10.2. The molecule has 4 N–H and O–H groups in total. The highest BCUT2D eigenvalue weighted by Crippen LogP contribution is 2.26. The second kappa shape index (κ2) is 7.67. The quantitative estimate of drug-likeness (QED) is 0.235. The second-order valence-electron chi connectivity index (χ2n) is 4.30. The van der Waals surface area contributed by atoms with Crippen molar-refractivity contribution in [2.45, 2.75) is 0 Å². The second-order valence-corrected chi connectivity index (χ2v) is 4.30. The summed E-state index contributed by atoms with van der Waals surface area (Å²) in [5.74, 6) is -1.75. The largest absolute Gasteiger partial charge is 0.504 e. The van der Waals surface area contributed by atoms with Crippen LogP contribution in [0.15, 0.2) is 24.3 Å². The average Bonchev–Trinajstić information content (AvgIpc) is 2.46. The van der Waals surface area contributed by atoms with Crippen LogP contribution in [0.4, 0.5) is 0 Å². The van der Waals surface area contributed by atoms with E-state index in [0.29, 0.717) is 5.56 Å². The number of hydrogen-bond acceptors (Lipinski definition) is 6. The van der Waals surface area contributed by atoms with Crippen LogP contribution in [0.3, 0.4) is 0 Å². The summed E-state index contributed by atoms with van der Waals surface area (Å²) in [4.78, 5) is 24.0. The molecule has 0 aromatic heterocycles. The Morgan fingerprint density at radius 2 is 2.14 bits per heavy atom. The van der Waals surface area contributed by atoms with Crippen LogP contribution in [0.5, 0.6) is 11.5 Å². The third-order valence-electron chi connectivity index (χ3n) is 2.61. The van der Waals surface area contributed by atoms with Gasteiger partial charge in [0, 0.05) is 13.1 Å². The number of guanidine groups is 1. The van der Waals surface area contributed by atoms with E-state index in [9.17, 15) is 14.7 Å². The van der Waals surface area contributed by atoms with Gasteiger partial charge in [-0.3, -0.25) is 5.41 Å². The first kappa shape index (κ1) is 17.0. The highest BCUT2D eigenvalue weighted by molar-refractivity contribution is 5.96. The number of hydrogen-bond donors (Lipinski definition) is 3. The zero-order chi connectivity index (χ0) is 16.7. The number of nitrogens with one attached hydrogen (secondary N) is 1. The van der Waals surface area contributed by atoms with Crippen LogP contribution in [0.2, 0.25) is 0 Å². The molecule has 0 spiro atoms. The van der Waals surface area contributed by atoms with E-state index in [-0.39, 0.29) is 24.0 Å². The number of carbonyl (C=O) groups is 2. The number of benzene rings is 1. The van der Waals surface area contributed by atoms with E-state index < -0.39 is 11.9 Å². The Morgan fingerprint density at radius 1 is 1.45 bits per heavy atom. The molecule has 0 aliphatic rings. The summed E-state index contributed by atoms with van der Waals surface area (Å²) in [6.45, 7) is -0.304. The molecule has 0 amide bonds. The Labute approximate surface area is 127 Å². The van der Waals surface area contributed by atoms with Crippen LogP contribution in [-0.2, 0) is 14.3 Å². The molecular weight excluding hydrogens is 290 g/mol. The minimum atomic E-state index is -0.853. The first-order valence-electron chi connectivity index (χ1n) is 6.18. The molecule has 0 bridgehead atoms. The lowest BCUT2D eigenvalue weighted by Crippen LogP contribution is -2.37.